The first-order valence-corrected chi connectivity index (χ1v) is 13.7. The molecule has 1 aliphatic rings. The number of nitriles is 1. The Bertz CT molecular complexity index is 1750. The molecule has 2 unspecified atom stereocenters. The molecule has 0 bridgehead atoms. The normalized spacial score (nSPS) is 16.1. The number of hydrogen-bond acceptors (Lipinski definition) is 8. The van der Waals surface area contributed by atoms with Crippen molar-refractivity contribution < 1.29 is 9.18 Å². The van der Waals surface area contributed by atoms with E-state index in [-0.39, 0.29) is 23.7 Å². The number of pyridine rings is 1. The van der Waals surface area contributed by atoms with Crippen LogP contribution in [0.5, 0.6) is 0 Å². The van der Waals surface area contributed by atoms with Crippen LogP contribution in [0.25, 0.3) is 28.0 Å². The molecule has 5 aromatic rings. The van der Waals surface area contributed by atoms with Crippen LogP contribution in [0.2, 0.25) is 0 Å². The van der Waals surface area contributed by atoms with Crippen molar-refractivity contribution in [1.82, 2.24) is 29.7 Å². The van der Waals surface area contributed by atoms with E-state index >= 15 is 0 Å². The van der Waals surface area contributed by atoms with Gasteiger partial charge in [-0.05, 0) is 49.2 Å². The Morgan fingerprint density at radius 3 is 2.58 bits per heavy atom. The molecule has 11 heteroatoms. The Balaban J connectivity index is 1.24. The molecule has 0 saturated heterocycles. The molecule has 1 aliphatic carbocycles. The van der Waals surface area contributed by atoms with Crippen molar-refractivity contribution in [2.45, 2.75) is 45.2 Å². The predicted octanol–water partition coefficient (Wildman–Crippen LogP) is 5.09. The van der Waals surface area contributed by atoms with Gasteiger partial charge in [0.25, 0.3) is 0 Å². The number of carbonyl (C=O) groups is 1. The van der Waals surface area contributed by atoms with Gasteiger partial charge in [0.15, 0.2) is 0 Å². The number of anilines is 1. The van der Waals surface area contributed by atoms with Gasteiger partial charge in [-0.1, -0.05) is 6.92 Å². The molecule has 1 aromatic carbocycles. The largest absolute Gasteiger partial charge is 0.363 e. The lowest BCUT2D eigenvalue weighted by Gasteiger charge is -2.08. The summed E-state index contributed by atoms with van der Waals surface area (Å²) in [5.41, 5.74) is 4.80. The van der Waals surface area contributed by atoms with E-state index in [1.54, 1.807) is 12.1 Å². The fourth-order valence-corrected chi connectivity index (χ4v) is 5.58. The standard InChI is InChI=1S/C29H25FN8OS/c1-3-22-29(34-14-26-37-27(24(11-31)40-26)17-4-7-20(30)8-5-17)38-15-18(6-9-25(38)36-22)19-12-32-28(33-13-19)21-10-23(21)35-16(2)39/h4-9,12-13,15,21,23,34H,3,10,14H2,1-2H3,(H,35,39). The van der Waals surface area contributed by atoms with Crippen LogP contribution in [0, 0.1) is 17.1 Å². The number of imidazole rings is 1. The number of fused-ring (bicyclic) bond motifs is 1. The fourth-order valence-electron chi connectivity index (χ4n) is 4.76. The molecule has 4 heterocycles. The minimum atomic E-state index is -0.334. The summed E-state index contributed by atoms with van der Waals surface area (Å²) >= 11 is 1.31. The number of aromatic nitrogens is 5. The Morgan fingerprint density at radius 1 is 1.12 bits per heavy atom. The molecule has 0 radical (unpaired) electrons. The third-order valence-electron chi connectivity index (χ3n) is 6.84. The minimum Gasteiger partial charge on any atom is -0.363 e. The summed E-state index contributed by atoms with van der Waals surface area (Å²) in [7, 11) is 0. The van der Waals surface area contributed by atoms with Gasteiger partial charge >= 0.3 is 0 Å². The average Bonchev–Trinajstić information content (AvgIpc) is 3.44. The van der Waals surface area contributed by atoms with Gasteiger partial charge in [0.2, 0.25) is 5.91 Å². The maximum atomic E-state index is 13.4. The Morgan fingerprint density at radius 2 is 1.88 bits per heavy atom. The number of rotatable bonds is 8. The summed E-state index contributed by atoms with van der Waals surface area (Å²) in [6.45, 7) is 3.97. The second-order valence-electron chi connectivity index (χ2n) is 9.64. The van der Waals surface area contributed by atoms with E-state index in [0.717, 1.165) is 52.0 Å². The van der Waals surface area contributed by atoms with E-state index < -0.39 is 0 Å². The summed E-state index contributed by atoms with van der Waals surface area (Å²) in [6.07, 6.45) is 7.22. The zero-order valence-corrected chi connectivity index (χ0v) is 22.7. The molecular formula is C29H25FN8OS. The van der Waals surface area contributed by atoms with Gasteiger partial charge in [-0.2, -0.15) is 5.26 Å². The number of amides is 1. The number of halogens is 1. The van der Waals surface area contributed by atoms with Crippen LogP contribution in [0.15, 0.2) is 55.0 Å². The number of nitrogens with one attached hydrogen (secondary N) is 2. The van der Waals surface area contributed by atoms with Crippen molar-refractivity contribution in [1.29, 1.82) is 5.26 Å². The lowest BCUT2D eigenvalue weighted by atomic mass is 10.1. The molecule has 4 aromatic heterocycles. The first kappa shape index (κ1) is 25.6. The lowest BCUT2D eigenvalue weighted by Crippen LogP contribution is -2.23. The molecule has 6 rings (SSSR count). The monoisotopic (exact) mass is 552 g/mol. The second-order valence-corrected chi connectivity index (χ2v) is 10.7. The van der Waals surface area contributed by atoms with Crippen molar-refractivity contribution in [3.05, 3.63) is 82.2 Å². The van der Waals surface area contributed by atoms with Gasteiger partial charge in [0.1, 0.15) is 39.1 Å². The lowest BCUT2D eigenvalue weighted by molar-refractivity contribution is -0.119. The number of hydrogen-bond donors (Lipinski definition) is 2. The van der Waals surface area contributed by atoms with Gasteiger partial charge in [-0.25, -0.2) is 24.3 Å². The Kier molecular flexibility index (Phi) is 6.69. The fraction of sp³-hybridized carbons (Fsp3) is 0.241. The number of carbonyl (C=O) groups excluding carboxylic acids is 1. The highest BCUT2D eigenvalue weighted by atomic mass is 32.1. The minimum absolute atomic E-state index is 0.0395. The van der Waals surface area contributed by atoms with Gasteiger partial charge in [-0.15, -0.1) is 11.3 Å². The van der Waals surface area contributed by atoms with Gasteiger partial charge in [0, 0.05) is 54.2 Å². The highest BCUT2D eigenvalue weighted by Gasteiger charge is 2.41. The van der Waals surface area contributed by atoms with E-state index in [1.807, 2.05) is 35.1 Å². The van der Waals surface area contributed by atoms with Crippen molar-refractivity contribution in [3.63, 3.8) is 0 Å². The predicted molar refractivity (Wildman–Crippen MR) is 150 cm³/mol. The second kappa shape index (κ2) is 10.5. The molecule has 1 saturated carbocycles. The summed E-state index contributed by atoms with van der Waals surface area (Å²) < 4.78 is 15.4. The number of aryl methyl sites for hydroxylation is 1. The molecule has 9 nitrogen and oxygen atoms in total. The van der Waals surface area contributed by atoms with E-state index in [2.05, 4.69) is 38.6 Å². The summed E-state index contributed by atoms with van der Waals surface area (Å²) in [6, 6.07) is 12.3. The zero-order chi connectivity index (χ0) is 27.8. The van der Waals surface area contributed by atoms with Crippen LogP contribution in [-0.2, 0) is 17.8 Å². The number of nitrogens with zero attached hydrogens (tertiary/aromatic N) is 6. The van der Waals surface area contributed by atoms with Crippen molar-refractivity contribution in [2.75, 3.05) is 5.32 Å². The van der Waals surface area contributed by atoms with E-state index in [9.17, 15) is 14.4 Å². The van der Waals surface area contributed by atoms with Crippen LogP contribution in [0.1, 0.15) is 47.6 Å². The first-order chi connectivity index (χ1) is 19.4. The molecule has 1 amide bonds. The maximum Gasteiger partial charge on any atom is 0.217 e. The van der Waals surface area contributed by atoms with Gasteiger partial charge in [0.05, 0.1) is 17.9 Å². The van der Waals surface area contributed by atoms with Crippen LogP contribution >= 0.6 is 11.3 Å². The van der Waals surface area contributed by atoms with E-state index in [1.165, 1.54) is 30.4 Å². The molecule has 2 N–H and O–H groups in total. The zero-order valence-electron chi connectivity index (χ0n) is 21.8. The smallest absolute Gasteiger partial charge is 0.217 e. The topological polar surface area (TPSA) is 121 Å². The molecule has 2 atom stereocenters. The van der Waals surface area contributed by atoms with Gasteiger partial charge < -0.3 is 10.6 Å². The maximum absolute atomic E-state index is 13.4. The highest BCUT2D eigenvalue weighted by Crippen LogP contribution is 2.39. The van der Waals surface area contributed by atoms with Crippen molar-refractivity contribution in [2.24, 2.45) is 0 Å². The van der Waals surface area contributed by atoms with Crippen LogP contribution in [-0.4, -0.2) is 36.3 Å². The third-order valence-corrected chi connectivity index (χ3v) is 7.80. The third kappa shape index (κ3) is 5.01. The highest BCUT2D eigenvalue weighted by molar-refractivity contribution is 7.12. The molecule has 40 heavy (non-hydrogen) atoms. The first-order valence-electron chi connectivity index (χ1n) is 12.9. The average molecular weight is 553 g/mol. The van der Waals surface area contributed by atoms with Crippen LogP contribution in [0.4, 0.5) is 10.2 Å². The van der Waals surface area contributed by atoms with Gasteiger partial charge in [-0.3, -0.25) is 9.20 Å². The SMILES string of the molecule is CCc1nc2ccc(-c3cnc(C4CC4NC(C)=O)nc3)cn2c1NCc1nc(-c2ccc(F)cc2)c(C#N)s1. The molecule has 0 aliphatic heterocycles. The number of benzene rings is 1. The summed E-state index contributed by atoms with van der Waals surface area (Å²) in [5, 5.41) is 16.8. The quantitative estimate of drug-likeness (QED) is 0.275. The van der Waals surface area contributed by atoms with Crippen LogP contribution < -0.4 is 10.6 Å². The molecular weight excluding hydrogens is 527 g/mol. The Labute approximate surface area is 233 Å². The molecule has 1 fully saturated rings. The molecule has 200 valence electrons. The summed E-state index contributed by atoms with van der Waals surface area (Å²) in [5.74, 6) is 1.38. The van der Waals surface area contributed by atoms with E-state index in [4.69, 9.17) is 4.98 Å². The van der Waals surface area contributed by atoms with Crippen molar-refractivity contribution in [3.8, 4) is 28.5 Å². The number of thiazole rings is 1. The summed E-state index contributed by atoms with van der Waals surface area (Å²) in [4.78, 5) is 30.4. The van der Waals surface area contributed by atoms with Crippen LogP contribution in [0.3, 0.4) is 0 Å². The Hall–Kier alpha value is -4.69. The van der Waals surface area contributed by atoms with E-state index in [0.29, 0.717) is 22.7 Å². The van der Waals surface area contributed by atoms with Crippen molar-refractivity contribution >= 4 is 28.7 Å². The molecule has 0 spiro atoms.